The number of ether oxygens (including phenoxy) is 3. The van der Waals surface area contributed by atoms with E-state index in [4.69, 9.17) is 31.4 Å². The van der Waals surface area contributed by atoms with Gasteiger partial charge in [0.05, 0.1) is 24.3 Å². The molecule has 14 heteroatoms. The molecule has 1 saturated carbocycles. The van der Waals surface area contributed by atoms with Gasteiger partial charge in [0.15, 0.2) is 12.6 Å². The molecule has 33 heavy (non-hydrogen) atoms. The van der Waals surface area contributed by atoms with Gasteiger partial charge in [-0.25, -0.2) is 0 Å². The summed E-state index contributed by atoms with van der Waals surface area (Å²) < 4.78 is 16.7. The van der Waals surface area contributed by atoms with Crippen LogP contribution < -0.4 is 22.5 Å². The first-order valence-electron chi connectivity index (χ1n) is 11.0. The van der Waals surface area contributed by atoms with Crippen LogP contribution in [-0.2, 0) is 14.2 Å². The maximum atomic E-state index is 10.9. The van der Waals surface area contributed by atoms with Crippen LogP contribution in [0.25, 0.3) is 0 Å². The van der Waals surface area contributed by atoms with E-state index in [0.29, 0.717) is 0 Å². The number of rotatable bonds is 9. The Kier molecular flexibility index (Phi) is 10.4. The van der Waals surface area contributed by atoms with Crippen LogP contribution in [0.2, 0.25) is 0 Å². The summed E-state index contributed by atoms with van der Waals surface area (Å²) in [5.41, 5.74) is 18.1. The first-order chi connectivity index (χ1) is 15.3. The lowest BCUT2D eigenvalue weighted by Gasteiger charge is -2.47. The van der Waals surface area contributed by atoms with E-state index in [1.165, 1.54) is 20.9 Å². The Morgan fingerprint density at radius 3 is 2.00 bits per heavy atom. The molecule has 2 rings (SSSR count). The monoisotopic (exact) mass is 484 g/mol. The second kappa shape index (κ2) is 11.9. The molecule has 0 aromatic carbocycles. The van der Waals surface area contributed by atoms with E-state index in [0.717, 1.165) is 0 Å². The predicted octanol–water partition coefficient (Wildman–Crippen LogP) is -6.02. The second-order valence-electron chi connectivity index (χ2n) is 8.96. The highest BCUT2D eigenvalue weighted by Crippen LogP contribution is 2.29. The van der Waals surface area contributed by atoms with E-state index in [-0.39, 0.29) is 6.42 Å². The van der Waals surface area contributed by atoms with Crippen molar-refractivity contribution < 1.29 is 50.0 Å². The molecule has 1 saturated heterocycles. The van der Waals surface area contributed by atoms with Crippen LogP contribution in [0.15, 0.2) is 0 Å². The third kappa shape index (κ3) is 6.36. The lowest BCUT2D eigenvalue weighted by Crippen LogP contribution is -2.68. The third-order valence-corrected chi connectivity index (χ3v) is 6.32. The highest BCUT2D eigenvalue weighted by Gasteiger charge is 2.50. The van der Waals surface area contributed by atoms with E-state index in [9.17, 15) is 35.7 Å². The van der Waals surface area contributed by atoms with Crippen LogP contribution in [-0.4, -0.2) is 134 Å². The van der Waals surface area contributed by atoms with Crippen LogP contribution in [0.1, 0.15) is 20.3 Å². The molecule has 196 valence electrons. The van der Waals surface area contributed by atoms with Gasteiger partial charge in [-0.2, -0.15) is 0 Å². The number of aliphatic hydroxyl groups is 7. The lowest BCUT2D eigenvalue weighted by atomic mass is 9.84. The maximum Gasteiger partial charge on any atom is 0.182 e. The van der Waals surface area contributed by atoms with E-state index in [1.807, 2.05) is 0 Å². The molecule has 0 amide bonds. The first kappa shape index (κ1) is 28.7. The van der Waals surface area contributed by atoms with Gasteiger partial charge in [-0.3, -0.25) is 0 Å². The summed E-state index contributed by atoms with van der Waals surface area (Å²) in [7, 11) is 1.48. The zero-order chi connectivity index (χ0) is 25.2. The van der Waals surface area contributed by atoms with Gasteiger partial charge in [-0.1, -0.05) is 0 Å². The summed E-state index contributed by atoms with van der Waals surface area (Å²) in [5.74, 6) is 0. The molecule has 14 nitrogen and oxygen atoms in total. The number of aliphatic hydroxyl groups excluding tert-OH is 7. The average molecular weight is 485 g/mol. The minimum Gasteiger partial charge on any atom is -0.392 e. The Morgan fingerprint density at radius 1 is 0.909 bits per heavy atom. The van der Waals surface area contributed by atoms with Gasteiger partial charge in [-0.15, -0.1) is 0 Å². The normalized spacial score (nSPS) is 44.6. The molecule has 0 spiro atoms. The van der Waals surface area contributed by atoms with Crippen molar-refractivity contribution in [3.63, 3.8) is 0 Å². The molecule has 1 aliphatic heterocycles. The van der Waals surface area contributed by atoms with E-state index in [1.54, 1.807) is 0 Å². The highest BCUT2D eigenvalue weighted by molar-refractivity contribution is 5.01. The molecule has 2 aliphatic rings. The quantitative estimate of drug-likeness (QED) is 0.136. The minimum absolute atomic E-state index is 0.0913. The van der Waals surface area contributed by atoms with E-state index in [2.05, 4.69) is 5.32 Å². The van der Waals surface area contributed by atoms with Crippen molar-refractivity contribution in [2.45, 2.75) is 112 Å². The molecular weight excluding hydrogens is 444 g/mol. The Balaban J connectivity index is 2.14. The Labute approximate surface area is 192 Å². The fraction of sp³-hybridized carbons (Fsp3) is 1.00. The van der Waals surface area contributed by atoms with Gasteiger partial charge in [0.2, 0.25) is 0 Å². The molecule has 1 aliphatic carbocycles. The van der Waals surface area contributed by atoms with Gasteiger partial charge in [0.25, 0.3) is 0 Å². The van der Waals surface area contributed by atoms with Gasteiger partial charge in [-0.05, 0) is 27.3 Å². The summed E-state index contributed by atoms with van der Waals surface area (Å²) in [6, 6.07) is -3.80. The minimum atomic E-state index is -1.82. The van der Waals surface area contributed by atoms with Crippen molar-refractivity contribution >= 4 is 0 Å². The fourth-order valence-corrected chi connectivity index (χ4v) is 4.34. The van der Waals surface area contributed by atoms with Crippen molar-refractivity contribution in [1.82, 2.24) is 5.32 Å². The van der Waals surface area contributed by atoms with Crippen molar-refractivity contribution in [2.24, 2.45) is 17.2 Å². The van der Waals surface area contributed by atoms with Crippen LogP contribution in [0, 0.1) is 0 Å². The average Bonchev–Trinajstić information content (AvgIpc) is 2.73. The van der Waals surface area contributed by atoms with Crippen molar-refractivity contribution in [3.8, 4) is 0 Å². The van der Waals surface area contributed by atoms with Crippen molar-refractivity contribution in [2.75, 3.05) is 7.05 Å². The van der Waals surface area contributed by atoms with Crippen molar-refractivity contribution in [3.05, 3.63) is 0 Å². The number of hydrogen-bond donors (Lipinski definition) is 11. The van der Waals surface area contributed by atoms with Gasteiger partial charge in [0, 0.05) is 12.1 Å². The van der Waals surface area contributed by atoms with Crippen LogP contribution in [0.3, 0.4) is 0 Å². The molecule has 0 radical (unpaired) electrons. The summed E-state index contributed by atoms with van der Waals surface area (Å²) in [5, 5.41) is 74.1. The molecular formula is C19H40N4O10. The molecule has 0 bridgehead atoms. The van der Waals surface area contributed by atoms with Crippen LogP contribution in [0.5, 0.6) is 0 Å². The van der Waals surface area contributed by atoms with Gasteiger partial charge >= 0.3 is 0 Å². The summed E-state index contributed by atoms with van der Waals surface area (Å²) in [4.78, 5) is 0. The molecule has 14 N–H and O–H groups in total. The first-order valence-corrected chi connectivity index (χ1v) is 11.0. The Bertz CT molecular complexity index is 605. The van der Waals surface area contributed by atoms with Crippen molar-refractivity contribution in [1.29, 1.82) is 0 Å². The zero-order valence-electron chi connectivity index (χ0n) is 19.0. The molecule has 0 aromatic rings. The lowest BCUT2D eigenvalue weighted by molar-refractivity contribution is -0.308. The molecule has 0 aromatic heterocycles. The number of nitrogens with two attached hydrogens (primary N) is 3. The smallest absolute Gasteiger partial charge is 0.182 e. The Morgan fingerprint density at radius 2 is 1.48 bits per heavy atom. The molecule has 9 unspecified atom stereocenters. The van der Waals surface area contributed by atoms with E-state index < -0.39 is 91.7 Å². The van der Waals surface area contributed by atoms with Crippen LogP contribution in [0.4, 0.5) is 0 Å². The molecule has 15 atom stereocenters. The fourth-order valence-electron chi connectivity index (χ4n) is 4.34. The highest BCUT2D eigenvalue weighted by atomic mass is 16.7. The van der Waals surface area contributed by atoms with Crippen LogP contribution >= 0.6 is 0 Å². The largest absolute Gasteiger partial charge is 0.392 e. The second-order valence-corrected chi connectivity index (χ2v) is 8.96. The standard InChI is InChI=1S/C19H40N4O10/c1-5(24)10(23-3)12(27)18(30)31-16-7(20)4-8(21)17(14(16)29)33-19-9(22)11(26)13(28)15(32-19)6(2)25/h5-19,23-30H,4,20-22H2,1-3H3/t5?,6-,7-,8?,9?,10?,11?,12-,13+,14?,15?,16?,17-,18?,19-/m1/s1. The van der Waals surface area contributed by atoms with Gasteiger partial charge < -0.3 is 72.5 Å². The maximum absolute atomic E-state index is 10.9. The SMILES string of the molecule is CNC(C(C)O)[C@@H](O)C(O)OC1C(O)[C@H](O[C@H]2OC([C@@H](C)O)[C@@H](O)C(O)C2N)C(N)C[C@H]1N. The Hall–Kier alpha value is -0.560. The number of hydrogen-bond acceptors (Lipinski definition) is 14. The number of likely N-dealkylation sites (N-methyl/N-ethyl adjacent to an activating group) is 1. The predicted molar refractivity (Wildman–Crippen MR) is 113 cm³/mol. The molecule has 2 fully saturated rings. The molecule has 1 heterocycles. The topological polar surface area (TPSA) is 259 Å². The third-order valence-electron chi connectivity index (χ3n) is 6.32. The summed E-state index contributed by atoms with van der Waals surface area (Å²) in [6.07, 6.45) is -14.9. The van der Waals surface area contributed by atoms with E-state index >= 15 is 0 Å². The summed E-state index contributed by atoms with van der Waals surface area (Å²) in [6.45, 7) is 2.78. The van der Waals surface area contributed by atoms with Gasteiger partial charge in [0.1, 0.15) is 42.7 Å². The number of nitrogens with one attached hydrogen (secondary N) is 1. The zero-order valence-corrected chi connectivity index (χ0v) is 19.0. The summed E-state index contributed by atoms with van der Waals surface area (Å²) >= 11 is 0.